The largest absolute Gasteiger partial charge is 0.391 e. The first-order valence-corrected chi connectivity index (χ1v) is 9.62. The van der Waals surface area contributed by atoms with Gasteiger partial charge in [0.2, 0.25) is 11.8 Å². The summed E-state index contributed by atoms with van der Waals surface area (Å²) in [4.78, 5) is 26.8. The average Bonchev–Trinajstić information content (AvgIpc) is 3.48. The van der Waals surface area contributed by atoms with Crippen molar-refractivity contribution in [2.75, 3.05) is 6.54 Å². The zero-order chi connectivity index (χ0) is 21.1. The molecular formula is C20H22N6O4. The molecule has 2 amide bonds. The van der Waals surface area contributed by atoms with Crippen LogP contribution in [0, 0.1) is 6.92 Å². The number of likely N-dealkylation sites (tertiary alicyclic amines) is 1. The molecule has 1 aliphatic rings. The number of β-amino-alcohol motifs (C(OH)–C–C–N with tert-alkyl or cyclic N) is 1. The number of aromatic amines is 1. The second-order valence-corrected chi connectivity index (χ2v) is 7.33. The van der Waals surface area contributed by atoms with Crippen molar-refractivity contribution in [3.63, 3.8) is 0 Å². The van der Waals surface area contributed by atoms with Crippen molar-refractivity contribution in [1.29, 1.82) is 0 Å². The molecule has 0 unspecified atom stereocenters. The molecule has 0 aliphatic carbocycles. The summed E-state index contributed by atoms with van der Waals surface area (Å²) in [5.41, 5.74) is 3.24. The Morgan fingerprint density at radius 3 is 2.80 bits per heavy atom. The van der Waals surface area contributed by atoms with Crippen LogP contribution in [-0.2, 0) is 22.6 Å². The maximum absolute atomic E-state index is 12.7. The minimum absolute atomic E-state index is 0.000843. The molecule has 1 aromatic carbocycles. The number of aliphatic hydroxyl groups excluding tert-OH is 1. The molecular weight excluding hydrogens is 388 g/mol. The normalized spacial score (nSPS) is 18.5. The molecule has 30 heavy (non-hydrogen) atoms. The smallest absolute Gasteiger partial charge is 0.243 e. The summed E-state index contributed by atoms with van der Waals surface area (Å²) >= 11 is 0. The fourth-order valence-corrected chi connectivity index (χ4v) is 3.53. The molecule has 3 heterocycles. The van der Waals surface area contributed by atoms with Crippen LogP contribution in [0.4, 0.5) is 0 Å². The van der Waals surface area contributed by atoms with Crippen molar-refractivity contribution in [2.45, 2.75) is 38.5 Å². The molecule has 1 fully saturated rings. The SMILES string of the molecule is Cc1cc(CC(=O)N2C[C@@H](O)C[C@H]2C(=O)NCc2ccc(-c3cn[nH]n3)cc2)on1. The van der Waals surface area contributed by atoms with E-state index in [4.69, 9.17) is 4.52 Å². The Balaban J connectivity index is 1.36. The van der Waals surface area contributed by atoms with Crippen molar-refractivity contribution in [3.05, 3.63) is 53.5 Å². The van der Waals surface area contributed by atoms with E-state index in [9.17, 15) is 14.7 Å². The van der Waals surface area contributed by atoms with Gasteiger partial charge in [0.15, 0.2) is 0 Å². The Labute approximate surface area is 172 Å². The lowest BCUT2D eigenvalue weighted by atomic mass is 10.1. The van der Waals surface area contributed by atoms with Crippen LogP contribution in [-0.4, -0.2) is 61.1 Å². The van der Waals surface area contributed by atoms with E-state index in [0.717, 1.165) is 16.8 Å². The minimum Gasteiger partial charge on any atom is -0.391 e. The third kappa shape index (κ3) is 4.38. The summed E-state index contributed by atoms with van der Waals surface area (Å²) in [7, 11) is 0. The first-order chi connectivity index (χ1) is 14.5. The number of aromatic nitrogens is 4. The van der Waals surface area contributed by atoms with Gasteiger partial charge >= 0.3 is 0 Å². The zero-order valence-corrected chi connectivity index (χ0v) is 16.4. The van der Waals surface area contributed by atoms with Crippen molar-refractivity contribution in [3.8, 4) is 11.3 Å². The van der Waals surface area contributed by atoms with Gasteiger partial charge in [-0.3, -0.25) is 9.59 Å². The highest BCUT2D eigenvalue weighted by atomic mass is 16.5. The molecule has 1 saturated heterocycles. The molecule has 2 atom stereocenters. The number of hydrogen-bond donors (Lipinski definition) is 3. The van der Waals surface area contributed by atoms with E-state index in [1.165, 1.54) is 4.90 Å². The van der Waals surface area contributed by atoms with Crippen LogP contribution < -0.4 is 5.32 Å². The Morgan fingerprint density at radius 2 is 2.13 bits per heavy atom. The lowest BCUT2D eigenvalue weighted by Crippen LogP contribution is -2.46. The number of nitrogens with zero attached hydrogens (tertiary/aromatic N) is 4. The van der Waals surface area contributed by atoms with E-state index in [1.807, 2.05) is 24.3 Å². The van der Waals surface area contributed by atoms with Crippen LogP contribution in [0.1, 0.15) is 23.4 Å². The van der Waals surface area contributed by atoms with Crippen LogP contribution >= 0.6 is 0 Å². The second-order valence-electron chi connectivity index (χ2n) is 7.33. The molecule has 10 nitrogen and oxygen atoms in total. The van der Waals surface area contributed by atoms with Crippen molar-refractivity contribution in [1.82, 2.24) is 30.8 Å². The number of amides is 2. The van der Waals surface area contributed by atoms with Crippen molar-refractivity contribution in [2.24, 2.45) is 0 Å². The summed E-state index contributed by atoms with van der Waals surface area (Å²) in [5, 5.41) is 27.0. The molecule has 0 radical (unpaired) electrons. The van der Waals surface area contributed by atoms with E-state index < -0.39 is 12.1 Å². The highest BCUT2D eigenvalue weighted by Gasteiger charge is 2.38. The first-order valence-electron chi connectivity index (χ1n) is 9.62. The number of carbonyl (C=O) groups excluding carboxylic acids is 2. The van der Waals surface area contributed by atoms with Gasteiger partial charge in [0.1, 0.15) is 17.5 Å². The van der Waals surface area contributed by atoms with E-state index >= 15 is 0 Å². The second kappa shape index (κ2) is 8.46. The predicted octanol–water partition coefficient (Wildman–Crippen LogP) is 0.589. The lowest BCUT2D eigenvalue weighted by molar-refractivity contribution is -0.138. The van der Waals surface area contributed by atoms with E-state index in [1.54, 1.807) is 19.2 Å². The van der Waals surface area contributed by atoms with Gasteiger partial charge in [0.25, 0.3) is 0 Å². The molecule has 3 aromatic rings. The molecule has 156 valence electrons. The van der Waals surface area contributed by atoms with Crippen LogP contribution in [0.2, 0.25) is 0 Å². The Hall–Kier alpha value is -3.53. The molecule has 10 heteroatoms. The van der Waals surface area contributed by atoms with Crippen LogP contribution in [0.3, 0.4) is 0 Å². The van der Waals surface area contributed by atoms with Crippen LogP contribution in [0.25, 0.3) is 11.3 Å². The van der Waals surface area contributed by atoms with Gasteiger partial charge in [-0.1, -0.05) is 29.4 Å². The number of benzene rings is 1. The maximum atomic E-state index is 12.7. The summed E-state index contributed by atoms with van der Waals surface area (Å²) in [6.07, 6.45) is 1.11. The molecule has 0 saturated carbocycles. The topological polar surface area (TPSA) is 137 Å². The van der Waals surface area contributed by atoms with Gasteiger partial charge in [-0.2, -0.15) is 15.4 Å². The van der Waals surface area contributed by atoms with Crippen molar-refractivity contribution >= 4 is 11.8 Å². The summed E-state index contributed by atoms with van der Waals surface area (Å²) in [6.45, 7) is 2.20. The van der Waals surface area contributed by atoms with Gasteiger partial charge in [0.05, 0.1) is 24.4 Å². The van der Waals surface area contributed by atoms with Crippen LogP contribution in [0.15, 0.2) is 41.1 Å². The number of rotatable bonds is 6. The first kappa shape index (κ1) is 19.8. The third-order valence-electron chi connectivity index (χ3n) is 5.04. The Kier molecular flexibility index (Phi) is 5.57. The van der Waals surface area contributed by atoms with Gasteiger partial charge in [0, 0.05) is 31.1 Å². The highest BCUT2D eigenvalue weighted by molar-refractivity contribution is 5.89. The van der Waals surface area contributed by atoms with Crippen molar-refractivity contribution < 1.29 is 19.2 Å². The molecule has 4 rings (SSSR count). The van der Waals surface area contributed by atoms with Gasteiger partial charge in [-0.25, -0.2) is 0 Å². The fourth-order valence-electron chi connectivity index (χ4n) is 3.53. The Morgan fingerprint density at radius 1 is 1.33 bits per heavy atom. The molecule has 2 aromatic heterocycles. The maximum Gasteiger partial charge on any atom is 0.243 e. The molecule has 3 N–H and O–H groups in total. The predicted molar refractivity (Wildman–Crippen MR) is 105 cm³/mol. The number of carbonyl (C=O) groups is 2. The summed E-state index contributed by atoms with van der Waals surface area (Å²) in [5.74, 6) is -0.140. The summed E-state index contributed by atoms with van der Waals surface area (Å²) < 4.78 is 5.09. The number of hydrogen-bond acceptors (Lipinski definition) is 7. The molecule has 1 aliphatic heterocycles. The monoisotopic (exact) mass is 410 g/mol. The highest BCUT2D eigenvalue weighted by Crippen LogP contribution is 2.20. The van der Waals surface area contributed by atoms with Crippen LogP contribution in [0.5, 0.6) is 0 Å². The Bertz CT molecular complexity index is 1010. The van der Waals surface area contributed by atoms with Gasteiger partial charge in [-0.15, -0.1) is 0 Å². The van der Waals surface area contributed by atoms with Gasteiger partial charge in [-0.05, 0) is 12.5 Å². The molecule has 0 bridgehead atoms. The lowest BCUT2D eigenvalue weighted by Gasteiger charge is -2.23. The van der Waals surface area contributed by atoms with E-state index in [2.05, 4.69) is 25.9 Å². The molecule has 0 spiro atoms. The summed E-state index contributed by atoms with van der Waals surface area (Å²) in [6, 6.07) is 8.54. The number of aryl methyl sites for hydroxylation is 1. The third-order valence-corrected chi connectivity index (χ3v) is 5.04. The van der Waals surface area contributed by atoms with E-state index in [0.29, 0.717) is 18.0 Å². The number of H-pyrrole nitrogens is 1. The fraction of sp³-hybridized carbons (Fsp3) is 0.350. The van der Waals surface area contributed by atoms with E-state index in [-0.39, 0.29) is 31.2 Å². The number of nitrogens with one attached hydrogen (secondary N) is 2. The van der Waals surface area contributed by atoms with Gasteiger partial charge < -0.3 is 19.8 Å². The minimum atomic E-state index is -0.733. The zero-order valence-electron chi connectivity index (χ0n) is 16.4. The standard InChI is InChI=1S/C20H22N6O4/c1-12-6-16(30-24-12)8-19(28)26-11-15(27)7-18(26)20(29)21-9-13-2-4-14(5-3-13)17-10-22-25-23-17/h2-6,10,15,18,27H,7-9,11H2,1H3,(H,21,29)(H,22,23,25)/t15-,18-/m0/s1. The average molecular weight is 410 g/mol. The number of aliphatic hydroxyl groups is 1. The quantitative estimate of drug-likeness (QED) is 0.541.